The minimum atomic E-state index is -3.25. The van der Waals surface area contributed by atoms with E-state index in [1.807, 2.05) is 6.92 Å². The molecule has 0 radical (unpaired) electrons. The van der Waals surface area contributed by atoms with Crippen LogP contribution in [0.2, 0.25) is 0 Å². The van der Waals surface area contributed by atoms with Crippen LogP contribution in [0.15, 0.2) is 0 Å². The van der Waals surface area contributed by atoms with E-state index in [1.165, 1.54) is 11.4 Å². The monoisotopic (exact) mass is 232 g/mol. The molecular formula is C10H20N2O2S. The lowest BCUT2D eigenvalue weighted by Crippen LogP contribution is -2.40. The first-order valence-electron chi connectivity index (χ1n) is 5.06. The van der Waals surface area contributed by atoms with E-state index < -0.39 is 15.3 Å². The van der Waals surface area contributed by atoms with Gasteiger partial charge in [-0.15, -0.1) is 6.42 Å². The first kappa shape index (κ1) is 14.4. The van der Waals surface area contributed by atoms with Gasteiger partial charge < -0.3 is 5.32 Å². The van der Waals surface area contributed by atoms with Crippen molar-refractivity contribution in [2.24, 2.45) is 0 Å². The number of sulfonamides is 1. The summed E-state index contributed by atoms with van der Waals surface area (Å²) in [4.78, 5) is 0. The van der Waals surface area contributed by atoms with Crippen molar-refractivity contribution < 1.29 is 8.42 Å². The van der Waals surface area contributed by atoms with Gasteiger partial charge in [0.1, 0.15) is 0 Å². The maximum absolute atomic E-state index is 11.8. The van der Waals surface area contributed by atoms with Crippen LogP contribution in [0.4, 0.5) is 0 Å². The fourth-order valence-electron chi connectivity index (χ4n) is 1.11. The van der Waals surface area contributed by atoms with Crippen LogP contribution in [0.3, 0.4) is 0 Å². The van der Waals surface area contributed by atoms with Gasteiger partial charge in [-0.1, -0.05) is 12.8 Å². The molecule has 15 heavy (non-hydrogen) atoms. The largest absolute Gasteiger partial charge is 0.315 e. The predicted octanol–water partition coefficient (Wildman–Crippen LogP) is 0.269. The third-order valence-electron chi connectivity index (χ3n) is 2.12. The van der Waals surface area contributed by atoms with Crippen LogP contribution in [0.1, 0.15) is 20.3 Å². The Labute approximate surface area is 93.1 Å². The van der Waals surface area contributed by atoms with Crippen LogP contribution in [-0.2, 0) is 10.0 Å². The normalized spacial score (nSPS) is 13.8. The fourth-order valence-corrected chi connectivity index (χ4v) is 2.31. The topological polar surface area (TPSA) is 49.4 Å². The van der Waals surface area contributed by atoms with E-state index in [0.29, 0.717) is 6.54 Å². The summed E-state index contributed by atoms with van der Waals surface area (Å²) in [5.74, 6) is 2.32. The molecular weight excluding hydrogens is 212 g/mol. The maximum atomic E-state index is 11.8. The lowest BCUT2D eigenvalue weighted by molar-refractivity contribution is 0.486. The second kappa shape index (κ2) is 6.83. The molecule has 0 fully saturated rings. The fraction of sp³-hybridized carbons (Fsp3) is 0.800. The highest BCUT2D eigenvalue weighted by Gasteiger charge is 2.24. The van der Waals surface area contributed by atoms with Gasteiger partial charge in [0.2, 0.25) is 10.0 Å². The van der Waals surface area contributed by atoms with E-state index in [2.05, 4.69) is 11.2 Å². The quantitative estimate of drug-likeness (QED) is 0.506. The Bertz CT molecular complexity index is 306. The first-order valence-corrected chi connectivity index (χ1v) is 6.56. The van der Waals surface area contributed by atoms with Crippen LogP contribution in [0.5, 0.6) is 0 Å². The Morgan fingerprint density at radius 1 is 1.53 bits per heavy atom. The van der Waals surface area contributed by atoms with E-state index >= 15 is 0 Å². The smallest absolute Gasteiger partial charge is 0.218 e. The van der Waals surface area contributed by atoms with Crippen molar-refractivity contribution in [2.75, 3.05) is 26.7 Å². The number of terminal acetylenes is 1. The zero-order valence-electron chi connectivity index (χ0n) is 9.66. The van der Waals surface area contributed by atoms with E-state index in [9.17, 15) is 8.42 Å². The van der Waals surface area contributed by atoms with Gasteiger partial charge in [0.15, 0.2) is 0 Å². The van der Waals surface area contributed by atoms with Crippen molar-refractivity contribution in [1.82, 2.24) is 9.62 Å². The van der Waals surface area contributed by atoms with Crippen molar-refractivity contribution in [2.45, 2.75) is 25.5 Å². The molecule has 0 aromatic rings. The lowest BCUT2D eigenvalue weighted by Gasteiger charge is -2.20. The summed E-state index contributed by atoms with van der Waals surface area (Å²) >= 11 is 0. The van der Waals surface area contributed by atoms with Gasteiger partial charge in [0, 0.05) is 13.6 Å². The molecule has 0 saturated carbocycles. The number of nitrogens with zero attached hydrogens (tertiary/aromatic N) is 1. The Balaban J connectivity index is 4.27. The van der Waals surface area contributed by atoms with Crippen LogP contribution in [0.25, 0.3) is 0 Å². The van der Waals surface area contributed by atoms with Crippen molar-refractivity contribution in [3.05, 3.63) is 0 Å². The zero-order valence-corrected chi connectivity index (χ0v) is 10.5. The molecule has 0 rings (SSSR count). The van der Waals surface area contributed by atoms with Gasteiger partial charge in [-0.25, -0.2) is 8.42 Å². The zero-order chi connectivity index (χ0) is 11.9. The average Bonchev–Trinajstić information content (AvgIpc) is 2.18. The molecule has 1 N–H and O–H groups in total. The average molecular weight is 232 g/mol. The molecule has 4 nitrogen and oxygen atoms in total. The van der Waals surface area contributed by atoms with Crippen molar-refractivity contribution >= 4 is 10.0 Å². The van der Waals surface area contributed by atoms with Crippen molar-refractivity contribution in [3.63, 3.8) is 0 Å². The molecule has 0 aromatic heterocycles. The molecule has 0 bridgehead atoms. The highest BCUT2D eigenvalue weighted by atomic mass is 32.2. The summed E-state index contributed by atoms with van der Waals surface area (Å²) in [5.41, 5.74) is 0. The molecule has 0 aliphatic rings. The third-order valence-corrected chi connectivity index (χ3v) is 4.30. The second-order valence-electron chi connectivity index (χ2n) is 3.52. The Hall–Kier alpha value is -0.570. The van der Waals surface area contributed by atoms with E-state index in [4.69, 9.17) is 6.42 Å². The highest BCUT2D eigenvalue weighted by molar-refractivity contribution is 7.89. The summed E-state index contributed by atoms with van der Waals surface area (Å²) in [7, 11) is -1.75. The number of nitrogens with one attached hydrogen (secondary N) is 1. The van der Waals surface area contributed by atoms with Gasteiger partial charge in [0.05, 0.1) is 11.8 Å². The van der Waals surface area contributed by atoms with Gasteiger partial charge in [-0.3, -0.25) is 0 Å². The molecule has 1 atom stereocenters. The minimum Gasteiger partial charge on any atom is -0.315 e. The molecule has 0 saturated heterocycles. The number of rotatable bonds is 7. The molecule has 0 amide bonds. The van der Waals surface area contributed by atoms with E-state index in [0.717, 1.165) is 13.0 Å². The lowest BCUT2D eigenvalue weighted by atomic mass is 10.4. The molecule has 0 heterocycles. The minimum absolute atomic E-state index is 0.125. The van der Waals surface area contributed by atoms with Crippen molar-refractivity contribution in [1.29, 1.82) is 0 Å². The van der Waals surface area contributed by atoms with Gasteiger partial charge in [0.25, 0.3) is 0 Å². The summed E-state index contributed by atoms with van der Waals surface area (Å²) < 4.78 is 24.8. The molecule has 0 spiro atoms. The van der Waals surface area contributed by atoms with Gasteiger partial charge in [-0.05, 0) is 19.9 Å². The standard InChI is InChI=1S/C10H20N2O2S/c1-5-7-11-9-10(3)15(13,14)12(4)8-6-2/h2,10-11H,5,7-9H2,1,3-4H3. The molecule has 0 aliphatic heterocycles. The van der Waals surface area contributed by atoms with Crippen LogP contribution < -0.4 is 5.32 Å². The summed E-state index contributed by atoms with van der Waals surface area (Å²) in [5, 5.41) is 2.64. The molecule has 1 unspecified atom stereocenters. The number of hydrogen-bond donors (Lipinski definition) is 1. The number of hydrogen-bond acceptors (Lipinski definition) is 3. The molecule has 0 aromatic carbocycles. The third kappa shape index (κ3) is 4.65. The second-order valence-corrected chi connectivity index (χ2v) is 5.98. The highest BCUT2D eigenvalue weighted by Crippen LogP contribution is 2.05. The summed E-state index contributed by atoms with van der Waals surface area (Å²) in [6.07, 6.45) is 6.07. The first-order chi connectivity index (χ1) is 6.96. The van der Waals surface area contributed by atoms with Crippen LogP contribution >= 0.6 is 0 Å². The SMILES string of the molecule is C#CCN(C)S(=O)(=O)C(C)CNCCC. The maximum Gasteiger partial charge on any atom is 0.218 e. The van der Waals surface area contributed by atoms with Crippen molar-refractivity contribution in [3.8, 4) is 12.3 Å². The summed E-state index contributed by atoms with van der Waals surface area (Å²) in [6, 6.07) is 0. The van der Waals surface area contributed by atoms with Gasteiger partial charge in [-0.2, -0.15) is 4.31 Å². The Morgan fingerprint density at radius 3 is 2.60 bits per heavy atom. The van der Waals surface area contributed by atoms with Crippen LogP contribution in [-0.4, -0.2) is 44.7 Å². The summed E-state index contributed by atoms with van der Waals surface area (Å²) in [6.45, 7) is 5.14. The predicted molar refractivity (Wildman–Crippen MR) is 63.0 cm³/mol. The van der Waals surface area contributed by atoms with Crippen LogP contribution in [0, 0.1) is 12.3 Å². The van der Waals surface area contributed by atoms with E-state index in [-0.39, 0.29) is 6.54 Å². The van der Waals surface area contributed by atoms with E-state index in [1.54, 1.807) is 6.92 Å². The van der Waals surface area contributed by atoms with Gasteiger partial charge >= 0.3 is 0 Å². The molecule has 0 aliphatic carbocycles. The molecule has 88 valence electrons. The molecule has 5 heteroatoms. The Morgan fingerprint density at radius 2 is 2.13 bits per heavy atom. The Kier molecular flexibility index (Phi) is 6.57.